The van der Waals surface area contributed by atoms with Crippen molar-refractivity contribution in [3.05, 3.63) is 33.1 Å². The largest absolute Gasteiger partial charge is 0.317 e. The summed E-state index contributed by atoms with van der Waals surface area (Å²) in [4.78, 5) is 23.0. The lowest BCUT2D eigenvalue weighted by molar-refractivity contribution is 0.498. The quantitative estimate of drug-likeness (QED) is 0.575. The molecular weight excluding hydrogens is 218 g/mol. The summed E-state index contributed by atoms with van der Waals surface area (Å²) < 4.78 is 2.80. The van der Waals surface area contributed by atoms with Gasteiger partial charge in [-0.1, -0.05) is 6.42 Å². The molecule has 0 bridgehead atoms. The summed E-state index contributed by atoms with van der Waals surface area (Å²) in [5.74, 6) is 0. The average Bonchev–Trinajstić information content (AvgIpc) is 2.33. The van der Waals surface area contributed by atoms with Gasteiger partial charge in [-0.25, -0.2) is 0 Å². The highest BCUT2D eigenvalue weighted by Gasteiger charge is 2.02. The Morgan fingerprint density at radius 1 is 1.24 bits per heavy atom. The molecule has 5 heteroatoms. The van der Waals surface area contributed by atoms with E-state index in [-0.39, 0.29) is 0 Å². The van der Waals surface area contributed by atoms with Crippen LogP contribution in [0.4, 0.5) is 0 Å². The molecule has 0 saturated carbocycles. The molecule has 0 radical (unpaired) electrons. The molecule has 0 aliphatic heterocycles. The lowest BCUT2D eigenvalue weighted by Crippen LogP contribution is -2.39. The van der Waals surface area contributed by atoms with Crippen LogP contribution in [0.15, 0.2) is 22.0 Å². The fourth-order valence-corrected chi connectivity index (χ4v) is 1.64. The molecule has 1 aromatic heterocycles. The molecule has 1 aromatic rings. The summed E-state index contributed by atoms with van der Waals surface area (Å²) in [5.41, 5.74) is -0.896. The van der Waals surface area contributed by atoms with Crippen molar-refractivity contribution < 1.29 is 0 Å². The number of aryl methyl sites for hydroxylation is 2. The van der Waals surface area contributed by atoms with Crippen LogP contribution in [0.25, 0.3) is 0 Å². The van der Waals surface area contributed by atoms with Crippen LogP contribution in [-0.4, -0.2) is 22.2 Å². The first-order valence-electron chi connectivity index (χ1n) is 5.99. The molecule has 0 aliphatic carbocycles. The van der Waals surface area contributed by atoms with Crippen LogP contribution in [0, 0.1) is 0 Å². The molecule has 1 rings (SSSR count). The zero-order chi connectivity index (χ0) is 12.8. The summed E-state index contributed by atoms with van der Waals surface area (Å²) in [6.07, 6.45) is 6.34. The van der Waals surface area contributed by atoms with Crippen LogP contribution < -0.4 is 16.4 Å². The van der Waals surface area contributed by atoms with Gasteiger partial charge in [-0.15, -0.1) is 0 Å². The molecule has 17 heavy (non-hydrogen) atoms. The Labute approximate surface area is 101 Å². The van der Waals surface area contributed by atoms with Gasteiger partial charge >= 0.3 is 11.1 Å². The van der Waals surface area contributed by atoms with Crippen LogP contribution in [-0.2, 0) is 13.6 Å². The molecule has 0 saturated heterocycles. The summed E-state index contributed by atoms with van der Waals surface area (Å²) in [6.45, 7) is 2.75. The van der Waals surface area contributed by atoms with E-state index in [0.29, 0.717) is 12.6 Å². The second-order valence-electron chi connectivity index (χ2n) is 4.40. The number of hydrogen-bond donors (Lipinski definition) is 1. The number of nitrogens with zero attached hydrogens (tertiary/aromatic N) is 2. The Morgan fingerprint density at radius 3 is 2.59 bits per heavy atom. The van der Waals surface area contributed by atoms with Crippen LogP contribution in [0.1, 0.15) is 26.2 Å². The molecule has 5 nitrogen and oxygen atoms in total. The Bertz CT molecular complexity index is 462. The van der Waals surface area contributed by atoms with Gasteiger partial charge in [0.15, 0.2) is 0 Å². The van der Waals surface area contributed by atoms with Crippen molar-refractivity contribution in [1.82, 2.24) is 14.5 Å². The molecular formula is C12H21N3O2. The van der Waals surface area contributed by atoms with E-state index in [2.05, 4.69) is 12.2 Å². The van der Waals surface area contributed by atoms with E-state index in [1.165, 1.54) is 9.13 Å². The summed E-state index contributed by atoms with van der Waals surface area (Å²) >= 11 is 0. The lowest BCUT2D eigenvalue weighted by Gasteiger charge is -2.10. The number of unbranched alkanes of at least 4 members (excludes halogenated alkanes) is 1. The molecule has 0 amide bonds. The third-order valence-electron chi connectivity index (χ3n) is 3.01. The molecule has 0 fully saturated rings. The topological polar surface area (TPSA) is 56.0 Å². The van der Waals surface area contributed by atoms with Gasteiger partial charge in [-0.05, 0) is 26.8 Å². The SMILES string of the molecule is CNC(C)CCCCn1ccn(C)c(=O)c1=O. The summed E-state index contributed by atoms with van der Waals surface area (Å²) in [6, 6.07) is 0.496. The second-order valence-corrected chi connectivity index (χ2v) is 4.40. The maximum Gasteiger partial charge on any atom is 0.316 e. The minimum absolute atomic E-state index is 0.434. The highest BCUT2D eigenvalue weighted by atomic mass is 16.2. The molecule has 96 valence electrons. The highest BCUT2D eigenvalue weighted by Crippen LogP contribution is 2.00. The summed E-state index contributed by atoms with van der Waals surface area (Å²) in [5, 5.41) is 3.17. The number of hydrogen-bond acceptors (Lipinski definition) is 3. The first-order valence-corrected chi connectivity index (χ1v) is 5.99. The van der Waals surface area contributed by atoms with E-state index < -0.39 is 11.1 Å². The van der Waals surface area contributed by atoms with E-state index >= 15 is 0 Å². The van der Waals surface area contributed by atoms with E-state index in [1.54, 1.807) is 19.4 Å². The molecule has 1 N–H and O–H groups in total. The van der Waals surface area contributed by atoms with Crippen molar-refractivity contribution in [2.24, 2.45) is 7.05 Å². The maximum absolute atomic E-state index is 11.6. The summed E-state index contributed by atoms with van der Waals surface area (Å²) in [7, 11) is 3.53. The van der Waals surface area contributed by atoms with Gasteiger partial charge in [0.2, 0.25) is 0 Å². The predicted molar refractivity (Wildman–Crippen MR) is 68.3 cm³/mol. The molecule has 0 spiro atoms. The number of aromatic nitrogens is 2. The van der Waals surface area contributed by atoms with Crippen molar-refractivity contribution in [2.45, 2.75) is 38.8 Å². The Kier molecular flexibility index (Phi) is 5.15. The third kappa shape index (κ3) is 3.85. The minimum Gasteiger partial charge on any atom is -0.317 e. The Hall–Kier alpha value is -1.36. The third-order valence-corrected chi connectivity index (χ3v) is 3.01. The van der Waals surface area contributed by atoms with Crippen molar-refractivity contribution in [2.75, 3.05) is 7.05 Å². The van der Waals surface area contributed by atoms with E-state index in [1.807, 2.05) is 7.05 Å². The van der Waals surface area contributed by atoms with E-state index in [4.69, 9.17) is 0 Å². The van der Waals surface area contributed by atoms with Gasteiger partial charge in [0.25, 0.3) is 0 Å². The standard InChI is InChI=1S/C12H21N3O2/c1-10(13-2)6-4-5-7-15-9-8-14(3)11(16)12(15)17/h8-10,13H,4-7H2,1-3H3. The van der Waals surface area contributed by atoms with Crippen molar-refractivity contribution in [3.8, 4) is 0 Å². The van der Waals surface area contributed by atoms with Crippen molar-refractivity contribution in [3.63, 3.8) is 0 Å². The average molecular weight is 239 g/mol. The van der Waals surface area contributed by atoms with Crippen molar-refractivity contribution in [1.29, 1.82) is 0 Å². The van der Waals surface area contributed by atoms with E-state index in [0.717, 1.165) is 19.3 Å². The van der Waals surface area contributed by atoms with Crippen molar-refractivity contribution >= 4 is 0 Å². The van der Waals surface area contributed by atoms with Gasteiger partial charge in [-0.2, -0.15) is 0 Å². The second kappa shape index (κ2) is 6.39. The predicted octanol–water partition coefficient (Wildman–Crippen LogP) is 0.325. The zero-order valence-corrected chi connectivity index (χ0v) is 10.8. The van der Waals surface area contributed by atoms with Gasteiger partial charge in [0.05, 0.1) is 0 Å². The molecule has 0 aliphatic rings. The van der Waals surface area contributed by atoms with E-state index in [9.17, 15) is 9.59 Å². The Balaban J connectivity index is 2.51. The molecule has 0 aromatic carbocycles. The van der Waals surface area contributed by atoms with Gasteiger partial charge < -0.3 is 14.5 Å². The Morgan fingerprint density at radius 2 is 1.94 bits per heavy atom. The number of nitrogens with one attached hydrogen (secondary N) is 1. The zero-order valence-electron chi connectivity index (χ0n) is 10.8. The van der Waals surface area contributed by atoms with Gasteiger partial charge in [0.1, 0.15) is 0 Å². The lowest BCUT2D eigenvalue weighted by atomic mass is 10.1. The smallest absolute Gasteiger partial charge is 0.316 e. The van der Waals surface area contributed by atoms with Crippen LogP contribution in [0.3, 0.4) is 0 Å². The van der Waals surface area contributed by atoms with Crippen LogP contribution in [0.5, 0.6) is 0 Å². The van der Waals surface area contributed by atoms with Gasteiger partial charge in [-0.3, -0.25) is 9.59 Å². The fourth-order valence-electron chi connectivity index (χ4n) is 1.64. The highest BCUT2D eigenvalue weighted by molar-refractivity contribution is 4.84. The first-order chi connectivity index (χ1) is 8.06. The number of rotatable bonds is 6. The minimum atomic E-state index is -0.462. The monoisotopic (exact) mass is 239 g/mol. The van der Waals surface area contributed by atoms with Crippen LogP contribution in [0.2, 0.25) is 0 Å². The normalized spacial score (nSPS) is 12.6. The fraction of sp³-hybridized carbons (Fsp3) is 0.667. The molecule has 1 unspecified atom stereocenters. The molecule has 1 atom stereocenters. The van der Waals surface area contributed by atoms with Gasteiger partial charge in [0, 0.05) is 32.0 Å². The van der Waals surface area contributed by atoms with Crippen LogP contribution >= 0.6 is 0 Å². The first kappa shape index (κ1) is 13.7. The molecule has 1 heterocycles. The maximum atomic E-state index is 11.6.